The first-order valence-electron chi connectivity index (χ1n) is 6.62. The summed E-state index contributed by atoms with van der Waals surface area (Å²) in [5.41, 5.74) is 4.51. The zero-order valence-corrected chi connectivity index (χ0v) is 12.2. The normalized spacial score (nSPS) is 10.7. The molecule has 0 aliphatic heterocycles. The van der Waals surface area contributed by atoms with Gasteiger partial charge >= 0.3 is 0 Å². The van der Waals surface area contributed by atoms with Crippen molar-refractivity contribution < 1.29 is 0 Å². The Morgan fingerprint density at radius 3 is 2.68 bits per heavy atom. The van der Waals surface area contributed by atoms with Gasteiger partial charge in [-0.3, -0.25) is 4.98 Å². The Bertz CT molecular complexity index is 552. The Morgan fingerprint density at radius 2 is 2.00 bits per heavy atom. The van der Waals surface area contributed by atoms with Crippen LogP contribution in [0.3, 0.4) is 0 Å². The monoisotopic (exact) mass is 274 g/mol. The van der Waals surface area contributed by atoms with Crippen molar-refractivity contribution in [1.82, 2.24) is 10.3 Å². The molecular weight excluding hydrogens is 256 g/mol. The van der Waals surface area contributed by atoms with Crippen molar-refractivity contribution in [1.29, 1.82) is 0 Å². The zero-order valence-electron chi connectivity index (χ0n) is 11.4. The van der Waals surface area contributed by atoms with Crippen LogP contribution in [0.15, 0.2) is 36.7 Å². The lowest BCUT2D eigenvalue weighted by molar-refractivity contribution is 0.675. The van der Waals surface area contributed by atoms with Gasteiger partial charge in [-0.15, -0.1) is 0 Å². The summed E-state index contributed by atoms with van der Waals surface area (Å²) in [6.45, 7) is 6.03. The molecule has 1 N–H and O–H groups in total. The zero-order chi connectivity index (χ0) is 13.7. The number of aryl methyl sites for hydroxylation is 1. The van der Waals surface area contributed by atoms with Gasteiger partial charge in [-0.05, 0) is 48.7 Å². The van der Waals surface area contributed by atoms with Crippen LogP contribution in [0.5, 0.6) is 0 Å². The highest BCUT2D eigenvalue weighted by Gasteiger charge is 2.04. The highest BCUT2D eigenvalue weighted by molar-refractivity contribution is 6.31. The molecule has 0 spiro atoms. The molecule has 0 radical (unpaired) electrons. The smallest absolute Gasteiger partial charge is 0.0457 e. The Labute approximate surface area is 119 Å². The average molecular weight is 275 g/mol. The molecule has 0 saturated heterocycles. The lowest BCUT2D eigenvalue weighted by atomic mass is 10.0. The van der Waals surface area contributed by atoms with Crippen LogP contribution in [-0.4, -0.2) is 11.5 Å². The molecule has 2 nitrogen and oxygen atoms in total. The predicted octanol–water partition coefficient (Wildman–Crippen LogP) is 4.21. The molecule has 0 aliphatic carbocycles. The minimum Gasteiger partial charge on any atom is -0.313 e. The number of rotatable bonds is 5. The molecule has 1 heterocycles. The van der Waals surface area contributed by atoms with E-state index in [2.05, 4.69) is 35.4 Å². The van der Waals surface area contributed by atoms with E-state index in [4.69, 9.17) is 11.6 Å². The molecule has 0 bridgehead atoms. The fourth-order valence-corrected chi connectivity index (χ4v) is 2.23. The van der Waals surface area contributed by atoms with Gasteiger partial charge in [0.2, 0.25) is 0 Å². The van der Waals surface area contributed by atoms with E-state index >= 15 is 0 Å². The number of pyridine rings is 1. The molecule has 100 valence electrons. The molecule has 2 aromatic rings. The molecule has 0 amide bonds. The molecule has 0 saturated carbocycles. The summed E-state index contributed by atoms with van der Waals surface area (Å²) in [7, 11) is 0. The van der Waals surface area contributed by atoms with E-state index < -0.39 is 0 Å². The third-order valence-corrected chi connectivity index (χ3v) is 3.36. The summed E-state index contributed by atoms with van der Waals surface area (Å²) in [5.74, 6) is 0. The fraction of sp³-hybridized carbons (Fsp3) is 0.312. The van der Waals surface area contributed by atoms with Gasteiger partial charge in [0, 0.05) is 29.5 Å². The van der Waals surface area contributed by atoms with Crippen LogP contribution in [0, 0.1) is 6.92 Å². The molecule has 0 fully saturated rings. The maximum Gasteiger partial charge on any atom is 0.0457 e. The Hall–Kier alpha value is -1.38. The second kappa shape index (κ2) is 6.69. The summed E-state index contributed by atoms with van der Waals surface area (Å²) >= 11 is 6.34. The minimum atomic E-state index is 0.808. The quantitative estimate of drug-likeness (QED) is 0.826. The average Bonchev–Trinajstić information content (AvgIpc) is 2.41. The van der Waals surface area contributed by atoms with Crippen molar-refractivity contribution in [2.75, 3.05) is 6.54 Å². The maximum absolute atomic E-state index is 6.34. The number of hydrogen-bond acceptors (Lipinski definition) is 2. The van der Waals surface area contributed by atoms with Crippen LogP contribution in [-0.2, 0) is 6.54 Å². The first kappa shape index (κ1) is 14.0. The van der Waals surface area contributed by atoms with Gasteiger partial charge in [-0.1, -0.05) is 30.7 Å². The van der Waals surface area contributed by atoms with Crippen molar-refractivity contribution >= 4 is 11.6 Å². The number of aromatic nitrogens is 1. The second-order valence-electron chi connectivity index (χ2n) is 4.73. The SMILES string of the molecule is CCCNCc1ccc(-c2cncc(C)c2)cc1Cl. The van der Waals surface area contributed by atoms with Crippen molar-refractivity contribution in [3.8, 4) is 11.1 Å². The first-order chi connectivity index (χ1) is 9.20. The van der Waals surface area contributed by atoms with Crippen molar-refractivity contribution in [2.24, 2.45) is 0 Å². The summed E-state index contributed by atoms with van der Waals surface area (Å²) in [6.07, 6.45) is 4.85. The number of benzene rings is 1. The number of nitrogens with one attached hydrogen (secondary N) is 1. The van der Waals surface area contributed by atoms with E-state index in [1.54, 1.807) is 0 Å². The second-order valence-corrected chi connectivity index (χ2v) is 5.14. The number of halogens is 1. The first-order valence-corrected chi connectivity index (χ1v) is 6.99. The van der Waals surface area contributed by atoms with Crippen molar-refractivity contribution in [3.05, 3.63) is 52.8 Å². The topological polar surface area (TPSA) is 24.9 Å². The highest BCUT2D eigenvalue weighted by Crippen LogP contribution is 2.25. The standard InChI is InChI=1S/C16H19ClN2/c1-3-6-18-10-14-5-4-13(8-16(14)17)15-7-12(2)9-19-11-15/h4-5,7-9,11,18H,3,6,10H2,1-2H3. The third kappa shape index (κ3) is 3.79. The largest absolute Gasteiger partial charge is 0.313 e. The molecule has 0 unspecified atom stereocenters. The molecule has 1 aromatic heterocycles. The lowest BCUT2D eigenvalue weighted by Gasteiger charge is -2.08. The third-order valence-electron chi connectivity index (χ3n) is 3.00. The van der Waals surface area contributed by atoms with E-state index in [-0.39, 0.29) is 0 Å². The molecular formula is C16H19ClN2. The van der Waals surface area contributed by atoms with E-state index in [9.17, 15) is 0 Å². The molecule has 19 heavy (non-hydrogen) atoms. The summed E-state index contributed by atoms with van der Waals surface area (Å²) in [5, 5.41) is 4.17. The molecule has 1 aromatic carbocycles. The predicted molar refractivity (Wildman–Crippen MR) is 81.4 cm³/mol. The van der Waals surface area contributed by atoms with E-state index in [0.29, 0.717) is 0 Å². The highest BCUT2D eigenvalue weighted by atomic mass is 35.5. The summed E-state index contributed by atoms with van der Waals surface area (Å²) < 4.78 is 0. The van der Waals surface area contributed by atoms with Gasteiger partial charge in [-0.25, -0.2) is 0 Å². The molecule has 0 atom stereocenters. The Morgan fingerprint density at radius 1 is 1.16 bits per heavy atom. The summed E-state index contributed by atoms with van der Waals surface area (Å²) in [4.78, 5) is 4.22. The van der Waals surface area contributed by atoms with E-state index in [0.717, 1.165) is 46.8 Å². The van der Waals surface area contributed by atoms with Crippen LogP contribution >= 0.6 is 11.6 Å². The van der Waals surface area contributed by atoms with Crippen molar-refractivity contribution in [2.45, 2.75) is 26.8 Å². The van der Waals surface area contributed by atoms with Crippen LogP contribution in [0.4, 0.5) is 0 Å². The minimum absolute atomic E-state index is 0.808. The number of nitrogens with zero attached hydrogens (tertiary/aromatic N) is 1. The van der Waals surface area contributed by atoms with Crippen LogP contribution in [0.2, 0.25) is 5.02 Å². The molecule has 3 heteroatoms. The lowest BCUT2D eigenvalue weighted by Crippen LogP contribution is -2.13. The van der Waals surface area contributed by atoms with Gasteiger partial charge < -0.3 is 5.32 Å². The van der Waals surface area contributed by atoms with Crippen LogP contribution in [0.1, 0.15) is 24.5 Å². The van der Waals surface area contributed by atoms with Gasteiger partial charge in [0.05, 0.1) is 0 Å². The van der Waals surface area contributed by atoms with Gasteiger partial charge in [0.1, 0.15) is 0 Å². The van der Waals surface area contributed by atoms with Gasteiger partial charge in [0.15, 0.2) is 0 Å². The Balaban J connectivity index is 2.19. The van der Waals surface area contributed by atoms with E-state index in [1.165, 1.54) is 0 Å². The molecule has 2 rings (SSSR count). The molecule has 0 aliphatic rings. The summed E-state index contributed by atoms with van der Waals surface area (Å²) in [6, 6.07) is 8.32. The van der Waals surface area contributed by atoms with E-state index in [1.807, 2.05) is 25.4 Å². The van der Waals surface area contributed by atoms with Crippen molar-refractivity contribution in [3.63, 3.8) is 0 Å². The maximum atomic E-state index is 6.34. The van der Waals surface area contributed by atoms with Crippen LogP contribution < -0.4 is 5.32 Å². The fourth-order valence-electron chi connectivity index (χ4n) is 1.98. The van der Waals surface area contributed by atoms with Gasteiger partial charge in [0.25, 0.3) is 0 Å². The number of hydrogen-bond donors (Lipinski definition) is 1. The van der Waals surface area contributed by atoms with Crippen LogP contribution in [0.25, 0.3) is 11.1 Å². The van der Waals surface area contributed by atoms with Gasteiger partial charge in [-0.2, -0.15) is 0 Å². The Kier molecular flexibility index (Phi) is 4.94.